The molecule has 0 saturated carbocycles. The topological polar surface area (TPSA) is 91.6 Å². The third-order valence-corrected chi connectivity index (χ3v) is 4.42. The van der Waals surface area contributed by atoms with Crippen LogP contribution in [0.1, 0.15) is 16.1 Å². The Kier molecular flexibility index (Phi) is 4.21. The lowest BCUT2D eigenvalue weighted by molar-refractivity contribution is 0.0947. The summed E-state index contributed by atoms with van der Waals surface area (Å²) >= 11 is 6.46. The summed E-state index contributed by atoms with van der Waals surface area (Å²) in [5.41, 5.74) is 8.16. The predicted molar refractivity (Wildman–Crippen MR) is 103 cm³/mol. The maximum absolute atomic E-state index is 13.0. The molecule has 0 radical (unpaired) electrons. The first-order valence-corrected chi connectivity index (χ1v) is 8.57. The van der Waals surface area contributed by atoms with E-state index in [0.29, 0.717) is 11.5 Å². The lowest BCUT2D eigenvalue weighted by Gasteiger charge is -2.03. The van der Waals surface area contributed by atoms with Gasteiger partial charge in [0.25, 0.3) is 5.91 Å². The quantitative estimate of drug-likeness (QED) is 0.590. The molecule has 0 bridgehead atoms. The van der Waals surface area contributed by atoms with Gasteiger partial charge in [0.05, 0.1) is 11.4 Å². The summed E-state index contributed by atoms with van der Waals surface area (Å²) in [6, 6.07) is 18.6. The number of para-hydroxylation sites is 1. The first-order chi connectivity index (χ1) is 13.1. The first kappa shape index (κ1) is 17.0. The molecular weight excluding hydrogens is 364 g/mol. The molecule has 7 nitrogen and oxygen atoms in total. The molecule has 0 aliphatic carbocycles. The summed E-state index contributed by atoms with van der Waals surface area (Å²) in [5, 5.41) is 8.83. The van der Waals surface area contributed by atoms with Crippen molar-refractivity contribution in [3.05, 3.63) is 77.1 Å². The lowest BCUT2D eigenvalue weighted by atomic mass is 10.2. The number of hydrogen-bond donors (Lipinski definition) is 1. The van der Waals surface area contributed by atoms with Gasteiger partial charge in [-0.1, -0.05) is 60.1 Å². The Morgan fingerprint density at radius 1 is 1.00 bits per heavy atom. The van der Waals surface area contributed by atoms with E-state index in [2.05, 4.69) is 15.2 Å². The fourth-order valence-electron chi connectivity index (χ4n) is 2.77. The average molecular weight is 379 g/mol. The minimum atomic E-state index is -0.480. The Bertz CT molecular complexity index is 1120. The van der Waals surface area contributed by atoms with Crippen molar-refractivity contribution in [3.8, 4) is 17.1 Å². The number of aryl methyl sites for hydroxylation is 1. The smallest absolute Gasteiger partial charge is 0.286 e. The summed E-state index contributed by atoms with van der Waals surface area (Å²) in [7, 11) is 0. The summed E-state index contributed by atoms with van der Waals surface area (Å²) in [6.07, 6.45) is 0. The second-order valence-electron chi connectivity index (χ2n) is 5.88. The van der Waals surface area contributed by atoms with Crippen LogP contribution in [0.5, 0.6) is 0 Å². The molecule has 0 aliphatic rings. The summed E-state index contributed by atoms with van der Waals surface area (Å²) in [6.45, 7) is 1.71. The Hall–Kier alpha value is -3.45. The van der Waals surface area contributed by atoms with Gasteiger partial charge in [0.2, 0.25) is 5.95 Å². The van der Waals surface area contributed by atoms with Gasteiger partial charge in [-0.3, -0.25) is 4.79 Å². The Morgan fingerprint density at radius 3 is 2.30 bits per heavy atom. The van der Waals surface area contributed by atoms with Crippen molar-refractivity contribution in [2.75, 3.05) is 5.73 Å². The van der Waals surface area contributed by atoms with Crippen LogP contribution in [0.2, 0.25) is 5.15 Å². The lowest BCUT2D eigenvalue weighted by Crippen LogP contribution is -2.17. The van der Waals surface area contributed by atoms with E-state index in [4.69, 9.17) is 17.3 Å². The van der Waals surface area contributed by atoms with Crippen molar-refractivity contribution in [1.82, 2.24) is 24.5 Å². The fourth-order valence-corrected chi connectivity index (χ4v) is 3.12. The molecule has 0 unspecified atom stereocenters. The summed E-state index contributed by atoms with van der Waals surface area (Å²) in [4.78, 5) is 17.2. The van der Waals surface area contributed by atoms with Gasteiger partial charge in [-0.25, -0.2) is 4.68 Å². The number of carbonyl (C=O) groups is 1. The highest BCUT2D eigenvalue weighted by molar-refractivity contribution is 6.33. The minimum absolute atomic E-state index is 0.0122. The molecule has 4 aromatic rings. The molecule has 0 amide bonds. The Labute approximate surface area is 160 Å². The van der Waals surface area contributed by atoms with E-state index < -0.39 is 5.91 Å². The second kappa shape index (κ2) is 6.69. The van der Waals surface area contributed by atoms with Crippen LogP contribution in [0.15, 0.2) is 60.7 Å². The maximum Gasteiger partial charge on any atom is 0.286 e. The number of nitrogens with two attached hydrogens (primary N) is 1. The largest absolute Gasteiger partial charge is 0.368 e. The van der Waals surface area contributed by atoms with Gasteiger partial charge >= 0.3 is 0 Å². The van der Waals surface area contributed by atoms with Crippen LogP contribution < -0.4 is 5.73 Å². The van der Waals surface area contributed by atoms with Crippen molar-refractivity contribution in [2.45, 2.75) is 6.92 Å². The molecule has 4 rings (SSSR count). The molecule has 2 aromatic carbocycles. The van der Waals surface area contributed by atoms with Gasteiger partial charge in [-0.2, -0.15) is 14.8 Å². The zero-order chi connectivity index (χ0) is 19.0. The monoisotopic (exact) mass is 378 g/mol. The molecule has 8 heteroatoms. The highest BCUT2D eigenvalue weighted by Crippen LogP contribution is 2.25. The third-order valence-electron chi connectivity index (χ3n) is 4.08. The van der Waals surface area contributed by atoms with E-state index in [1.54, 1.807) is 6.92 Å². The number of halogens is 1. The van der Waals surface area contributed by atoms with Crippen molar-refractivity contribution >= 4 is 23.5 Å². The highest BCUT2D eigenvalue weighted by atomic mass is 35.5. The SMILES string of the molecule is Cc1nn(-c2ccccc2)c(Cl)c1C(=O)n1nc(-c2ccccc2)nc1N. The number of benzene rings is 2. The average Bonchev–Trinajstić information content (AvgIpc) is 3.22. The molecule has 27 heavy (non-hydrogen) atoms. The van der Waals surface area contributed by atoms with Gasteiger partial charge < -0.3 is 5.73 Å². The number of hydrogen-bond acceptors (Lipinski definition) is 5. The predicted octanol–water partition coefficient (Wildman–Crippen LogP) is 3.36. The van der Waals surface area contributed by atoms with Crippen LogP contribution >= 0.6 is 11.6 Å². The zero-order valence-corrected chi connectivity index (χ0v) is 15.1. The van der Waals surface area contributed by atoms with Gasteiger partial charge in [0, 0.05) is 5.56 Å². The number of rotatable bonds is 3. The van der Waals surface area contributed by atoms with Crippen molar-refractivity contribution in [3.63, 3.8) is 0 Å². The van der Waals surface area contributed by atoms with E-state index in [1.807, 2.05) is 60.7 Å². The minimum Gasteiger partial charge on any atom is -0.368 e. The zero-order valence-electron chi connectivity index (χ0n) is 14.4. The normalized spacial score (nSPS) is 10.9. The van der Waals surface area contributed by atoms with E-state index in [1.165, 1.54) is 4.68 Å². The Balaban J connectivity index is 1.76. The van der Waals surface area contributed by atoms with Gasteiger partial charge in [-0.15, -0.1) is 5.10 Å². The molecule has 0 saturated heterocycles. The molecule has 0 atom stereocenters. The molecule has 2 aromatic heterocycles. The van der Waals surface area contributed by atoms with Gasteiger partial charge in [0.15, 0.2) is 5.82 Å². The van der Waals surface area contributed by atoms with E-state index in [-0.39, 0.29) is 16.7 Å². The van der Waals surface area contributed by atoms with E-state index in [9.17, 15) is 4.79 Å². The van der Waals surface area contributed by atoms with Crippen molar-refractivity contribution < 1.29 is 4.79 Å². The van der Waals surface area contributed by atoms with Crippen LogP contribution in [0, 0.1) is 6.92 Å². The molecule has 2 heterocycles. The van der Waals surface area contributed by atoms with Crippen LogP contribution in [0.3, 0.4) is 0 Å². The number of nitrogens with zero attached hydrogens (tertiary/aromatic N) is 5. The molecule has 0 aliphatic heterocycles. The van der Waals surface area contributed by atoms with Gasteiger partial charge in [-0.05, 0) is 19.1 Å². The Morgan fingerprint density at radius 2 is 1.63 bits per heavy atom. The standard InChI is InChI=1S/C19H15ClN6O/c1-12-15(16(20)25(23-12)14-10-6-3-7-11-14)18(27)26-19(21)22-17(24-26)13-8-4-2-5-9-13/h2-11H,1H3,(H2,21,22,24). The van der Waals surface area contributed by atoms with Crippen LogP contribution in [-0.2, 0) is 0 Å². The highest BCUT2D eigenvalue weighted by Gasteiger charge is 2.25. The molecule has 2 N–H and O–H groups in total. The van der Waals surface area contributed by atoms with Crippen LogP contribution in [0.4, 0.5) is 5.95 Å². The second-order valence-corrected chi connectivity index (χ2v) is 6.23. The number of carbonyl (C=O) groups excluding carboxylic acids is 1. The van der Waals surface area contributed by atoms with Crippen molar-refractivity contribution in [1.29, 1.82) is 0 Å². The molecule has 134 valence electrons. The number of aromatic nitrogens is 5. The van der Waals surface area contributed by atoms with E-state index in [0.717, 1.165) is 15.9 Å². The summed E-state index contributed by atoms with van der Waals surface area (Å²) < 4.78 is 2.56. The number of anilines is 1. The van der Waals surface area contributed by atoms with E-state index >= 15 is 0 Å². The number of nitrogen functional groups attached to an aromatic ring is 1. The third kappa shape index (κ3) is 2.98. The molecular formula is C19H15ClN6O. The maximum atomic E-state index is 13.0. The molecule has 0 fully saturated rings. The van der Waals surface area contributed by atoms with Crippen LogP contribution in [-0.4, -0.2) is 30.5 Å². The fraction of sp³-hybridized carbons (Fsp3) is 0.0526. The first-order valence-electron chi connectivity index (χ1n) is 8.19. The molecule has 0 spiro atoms. The summed E-state index contributed by atoms with van der Waals surface area (Å²) in [5.74, 6) is -0.126. The van der Waals surface area contributed by atoms with Gasteiger partial charge in [0.1, 0.15) is 10.7 Å². The van der Waals surface area contributed by atoms with Crippen molar-refractivity contribution in [2.24, 2.45) is 0 Å². The van der Waals surface area contributed by atoms with Crippen LogP contribution in [0.25, 0.3) is 17.1 Å².